The molecule has 1 amide bonds. The molecule has 0 bridgehead atoms. The summed E-state index contributed by atoms with van der Waals surface area (Å²) in [6, 6.07) is 11.5. The number of hydrogen-bond acceptors (Lipinski definition) is 5. The average molecular weight is 361 g/mol. The minimum absolute atomic E-state index is 0.195. The number of ether oxygens (including phenoxy) is 1. The summed E-state index contributed by atoms with van der Waals surface area (Å²) in [6.07, 6.45) is 2.03. The monoisotopic (exact) mass is 361 g/mol. The molecule has 25 heavy (non-hydrogen) atoms. The lowest BCUT2D eigenvalue weighted by Crippen LogP contribution is -2.31. The summed E-state index contributed by atoms with van der Waals surface area (Å²) < 4.78 is 32.6. The quantitative estimate of drug-likeness (QED) is 0.878. The van der Waals surface area contributed by atoms with E-state index < -0.39 is 10.0 Å². The third-order valence-electron chi connectivity index (χ3n) is 3.85. The highest BCUT2D eigenvalue weighted by molar-refractivity contribution is 7.89. The SMILES string of the molecule is CC(=O)Nc1ccc(S(=O)(=O)N2CCC(Oc3ccccn3)C2)cc1. The molecule has 2 aromatic rings. The lowest BCUT2D eigenvalue weighted by Gasteiger charge is -2.17. The summed E-state index contributed by atoms with van der Waals surface area (Å²) in [5, 5.41) is 2.61. The molecule has 8 heteroatoms. The molecule has 1 aromatic heterocycles. The van der Waals surface area contributed by atoms with Crippen LogP contribution in [0.15, 0.2) is 53.6 Å². The Labute approximate surface area is 146 Å². The Morgan fingerprint density at radius 1 is 1.24 bits per heavy atom. The van der Waals surface area contributed by atoms with E-state index in [1.54, 1.807) is 30.5 Å². The van der Waals surface area contributed by atoms with Crippen LogP contribution in [0.25, 0.3) is 0 Å². The second kappa shape index (κ2) is 7.20. The Bertz CT molecular complexity index is 838. The van der Waals surface area contributed by atoms with E-state index in [4.69, 9.17) is 4.74 Å². The standard InChI is InChI=1S/C17H19N3O4S/c1-13(21)19-14-5-7-16(8-6-14)25(22,23)20-11-9-15(12-20)24-17-4-2-3-10-18-17/h2-8,10,15H,9,11-12H2,1H3,(H,19,21). The van der Waals surface area contributed by atoms with Gasteiger partial charge in [0.1, 0.15) is 6.10 Å². The van der Waals surface area contributed by atoms with Crippen LogP contribution < -0.4 is 10.1 Å². The predicted octanol–water partition coefficient (Wildman–Crippen LogP) is 1.88. The highest BCUT2D eigenvalue weighted by Gasteiger charge is 2.33. The zero-order valence-corrected chi connectivity index (χ0v) is 14.6. The molecule has 2 heterocycles. The minimum Gasteiger partial charge on any atom is -0.473 e. The summed E-state index contributed by atoms with van der Waals surface area (Å²) >= 11 is 0. The minimum atomic E-state index is -3.59. The third-order valence-corrected chi connectivity index (χ3v) is 5.72. The predicted molar refractivity (Wildman–Crippen MR) is 92.8 cm³/mol. The molecule has 0 aliphatic carbocycles. The van der Waals surface area contributed by atoms with Crippen LogP contribution in [-0.4, -0.2) is 42.8 Å². The number of carbonyl (C=O) groups excluding carboxylic acids is 1. The summed E-state index contributed by atoms with van der Waals surface area (Å²) in [5.41, 5.74) is 0.559. The van der Waals surface area contributed by atoms with Gasteiger partial charge in [0.25, 0.3) is 0 Å². The molecule has 0 saturated carbocycles. The van der Waals surface area contributed by atoms with Crippen molar-refractivity contribution in [2.75, 3.05) is 18.4 Å². The van der Waals surface area contributed by atoms with Gasteiger partial charge in [0.2, 0.25) is 21.8 Å². The first kappa shape index (κ1) is 17.4. The maximum Gasteiger partial charge on any atom is 0.243 e. The zero-order valence-electron chi connectivity index (χ0n) is 13.8. The van der Waals surface area contributed by atoms with Crippen LogP contribution in [-0.2, 0) is 14.8 Å². The lowest BCUT2D eigenvalue weighted by molar-refractivity contribution is -0.114. The van der Waals surface area contributed by atoms with E-state index in [1.807, 2.05) is 6.07 Å². The fourth-order valence-electron chi connectivity index (χ4n) is 2.66. The summed E-state index contributed by atoms with van der Waals surface area (Å²) in [5.74, 6) is 0.288. The molecule has 132 valence electrons. The van der Waals surface area contributed by atoms with Crippen LogP contribution in [0.3, 0.4) is 0 Å². The highest BCUT2D eigenvalue weighted by Crippen LogP contribution is 2.24. The van der Waals surface area contributed by atoms with Crippen molar-refractivity contribution in [1.29, 1.82) is 0 Å². The van der Waals surface area contributed by atoms with Gasteiger partial charge in [-0.25, -0.2) is 13.4 Å². The number of pyridine rings is 1. The van der Waals surface area contributed by atoms with Crippen LogP contribution in [0.4, 0.5) is 5.69 Å². The van der Waals surface area contributed by atoms with Crippen LogP contribution >= 0.6 is 0 Å². The second-order valence-corrected chi connectivity index (χ2v) is 7.70. The van der Waals surface area contributed by atoms with E-state index in [2.05, 4.69) is 10.3 Å². The van der Waals surface area contributed by atoms with Crippen LogP contribution in [0.2, 0.25) is 0 Å². The molecule has 1 saturated heterocycles. The van der Waals surface area contributed by atoms with Gasteiger partial charge in [-0.05, 0) is 36.8 Å². The van der Waals surface area contributed by atoms with Crippen LogP contribution in [0, 0.1) is 0 Å². The van der Waals surface area contributed by atoms with E-state index in [1.165, 1.54) is 23.4 Å². The highest BCUT2D eigenvalue weighted by atomic mass is 32.2. The van der Waals surface area contributed by atoms with Crippen molar-refractivity contribution in [3.8, 4) is 5.88 Å². The van der Waals surface area contributed by atoms with Gasteiger partial charge in [-0.15, -0.1) is 0 Å². The molecule has 0 spiro atoms. The molecule has 1 aromatic carbocycles. The van der Waals surface area contributed by atoms with E-state index in [-0.39, 0.29) is 23.5 Å². The number of nitrogens with one attached hydrogen (secondary N) is 1. The number of hydrogen-bond donors (Lipinski definition) is 1. The van der Waals surface area contributed by atoms with Gasteiger partial charge in [-0.3, -0.25) is 4.79 Å². The Morgan fingerprint density at radius 3 is 2.64 bits per heavy atom. The summed E-state index contributed by atoms with van der Waals surface area (Å²) in [7, 11) is -3.59. The molecule has 7 nitrogen and oxygen atoms in total. The number of anilines is 1. The number of aromatic nitrogens is 1. The number of rotatable bonds is 5. The van der Waals surface area contributed by atoms with E-state index in [0.29, 0.717) is 24.5 Å². The van der Waals surface area contributed by atoms with Gasteiger partial charge in [-0.1, -0.05) is 6.07 Å². The van der Waals surface area contributed by atoms with Gasteiger partial charge in [0, 0.05) is 31.4 Å². The topological polar surface area (TPSA) is 88.6 Å². The van der Waals surface area contributed by atoms with Crippen molar-refractivity contribution >= 4 is 21.6 Å². The molecule has 1 N–H and O–H groups in total. The zero-order chi connectivity index (χ0) is 17.9. The first-order chi connectivity index (χ1) is 11.9. The molecule has 0 radical (unpaired) electrons. The molecule has 1 atom stereocenters. The molecule has 1 fully saturated rings. The normalized spacial score (nSPS) is 18.0. The van der Waals surface area contributed by atoms with Crippen molar-refractivity contribution < 1.29 is 17.9 Å². The summed E-state index contributed by atoms with van der Waals surface area (Å²) in [6.45, 7) is 2.08. The van der Waals surface area contributed by atoms with E-state index in [0.717, 1.165) is 0 Å². The average Bonchev–Trinajstić information content (AvgIpc) is 3.05. The summed E-state index contributed by atoms with van der Waals surface area (Å²) in [4.78, 5) is 15.3. The van der Waals surface area contributed by atoms with Crippen molar-refractivity contribution in [2.45, 2.75) is 24.3 Å². The van der Waals surface area contributed by atoms with Gasteiger partial charge < -0.3 is 10.1 Å². The lowest BCUT2D eigenvalue weighted by atomic mass is 10.3. The van der Waals surface area contributed by atoms with Gasteiger partial charge in [0.15, 0.2) is 0 Å². The Balaban J connectivity index is 1.67. The maximum atomic E-state index is 12.7. The largest absolute Gasteiger partial charge is 0.473 e. The van der Waals surface area contributed by atoms with Crippen LogP contribution in [0.5, 0.6) is 5.88 Å². The maximum absolute atomic E-state index is 12.7. The van der Waals surface area contributed by atoms with Crippen molar-refractivity contribution in [3.63, 3.8) is 0 Å². The van der Waals surface area contributed by atoms with E-state index >= 15 is 0 Å². The Kier molecular flexibility index (Phi) is 5.00. The van der Waals surface area contributed by atoms with Crippen molar-refractivity contribution in [1.82, 2.24) is 9.29 Å². The molecular formula is C17H19N3O4S. The number of amides is 1. The molecular weight excluding hydrogens is 342 g/mol. The number of sulfonamides is 1. The Morgan fingerprint density at radius 2 is 2.00 bits per heavy atom. The fourth-order valence-corrected chi connectivity index (χ4v) is 4.15. The molecule has 1 unspecified atom stereocenters. The third kappa shape index (κ3) is 4.15. The van der Waals surface area contributed by atoms with Gasteiger partial charge in [0.05, 0.1) is 11.4 Å². The van der Waals surface area contributed by atoms with E-state index in [9.17, 15) is 13.2 Å². The Hall–Kier alpha value is -2.45. The van der Waals surface area contributed by atoms with Crippen LogP contribution in [0.1, 0.15) is 13.3 Å². The van der Waals surface area contributed by atoms with Gasteiger partial charge >= 0.3 is 0 Å². The van der Waals surface area contributed by atoms with Crippen molar-refractivity contribution in [3.05, 3.63) is 48.7 Å². The number of carbonyl (C=O) groups is 1. The first-order valence-corrected chi connectivity index (χ1v) is 9.34. The molecule has 1 aliphatic rings. The smallest absolute Gasteiger partial charge is 0.243 e. The first-order valence-electron chi connectivity index (χ1n) is 7.90. The number of nitrogens with zero attached hydrogens (tertiary/aromatic N) is 2. The number of benzene rings is 1. The van der Waals surface area contributed by atoms with Crippen molar-refractivity contribution in [2.24, 2.45) is 0 Å². The molecule has 3 rings (SSSR count). The van der Waals surface area contributed by atoms with Gasteiger partial charge in [-0.2, -0.15) is 4.31 Å². The fraction of sp³-hybridized carbons (Fsp3) is 0.294. The second-order valence-electron chi connectivity index (χ2n) is 5.77. The molecule has 1 aliphatic heterocycles.